The van der Waals surface area contributed by atoms with Crippen LogP contribution in [-0.4, -0.2) is 16.7 Å². The molecule has 1 aromatic carbocycles. The lowest BCUT2D eigenvalue weighted by Crippen LogP contribution is -2.21. The summed E-state index contributed by atoms with van der Waals surface area (Å²) in [4.78, 5) is 4.41. The second kappa shape index (κ2) is 6.01. The van der Waals surface area contributed by atoms with E-state index in [1.807, 2.05) is 0 Å². The molecule has 4 nitrogen and oxygen atoms in total. The molecule has 1 atom stereocenters. The van der Waals surface area contributed by atoms with Gasteiger partial charge in [-0.15, -0.1) is 0 Å². The fourth-order valence-corrected chi connectivity index (χ4v) is 2.81. The van der Waals surface area contributed by atoms with Crippen molar-refractivity contribution in [3.8, 4) is 11.5 Å². The van der Waals surface area contributed by atoms with E-state index in [0.29, 0.717) is 17.3 Å². The number of nitrogens with zero attached hydrogens (tertiary/aromatic N) is 2. The van der Waals surface area contributed by atoms with Crippen LogP contribution in [0.4, 0.5) is 4.39 Å². The monoisotopic (exact) mass is 339 g/mol. The van der Waals surface area contributed by atoms with Crippen molar-refractivity contribution in [2.75, 3.05) is 6.54 Å². The quantitative estimate of drug-likeness (QED) is 0.902. The van der Waals surface area contributed by atoms with E-state index in [4.69, 9.17) is 4.52 Å². The lowest BCUT2D eigenvalue weighted by molar-refractivity contribution is 0.402. The molecule has 0 aliphatic carbocycles. The zero-order valence-electron chi connectivity index (χ0n) is 10.9. The third-order valence-corrected chi connectivity index (χ3v) is 4.16. The molecule has 106 valence electrons. The number of halogens is 2. The van der Waals surface area contributed by atoms with Gasteiger partial charge >= 0.3 is 0 Å². The average molecular weight is 340 g/mol. The number of rotatable bonds is 2. The maximum absolute atomic E-state index is 13.3. The van der Waals surface area contributed by atoms with Gasteiger partial charge in [0.1, 0.15) is 5.82 Å². The van der Waals surface area contributed by atoms with Gasteiger partial charge in [-0.1, -0.05) is 18.0 Å². The van der Waals surface area contributed by atoms with E-state index in [2.05, 4.69) is 31.4 Å². The van der Waals surface area contributed by atoms with Crippen LogP contribution in [0.5, 0.6) is 0 Å². The van der Waals surface area contributed by atoms with E-state index in [-0.39, 0.29) is 11.9 Å². The Morgan fingerprint density at radius 2 is 2.20 bits per heavy atom. The Hall–Kier alpha value is -1.27. The Balaban J connectivity index is 1.87. The summed E-state index contributed by atoms with van der Waals surface area (Å²) in [5, 5.41) is 7.45. The molecular formula is C14H15BrFN3O. The highest BCUT2D eigenvalue weighted by atomic mass is 79.9. The number of hydrogen-bond donors (Lipinski definition) is 1. The Bertz CT molecular complexity index is 594. The first-order valence-corrected chi connectivity index (χ1v) is 7.56. The van der Waals surface area contributed by atoms with Gasteiger partial charge in [0.05, 0.1) is 11.6 Å². The first-order valence-electron chi connectivity index (χ1n) is 6.76. The molecule has 2 aromatic rings. The first-order chi connectivity index (χ1) is 9.74. The molecule has 1 aliphatic rings. The van der Waals surface area contributed by atoms with Crippen molar-refractivity contribution in [2.45, 2.75) is 31.7 Å². The summed E-state index contributed by atoms with van der Waals surface area (Å²) in [6.45, 7) is 0.970. The van der Waals surface area contributed by atoms with Crippen molar-refractivity contribution in [3.05, 3.63) is 34.3 Å². The molecule has 0 radical (unpaired) electrons. The summed E-state index contributed by atoms with van der Waals surface area (Å²) in [5.74, 6) is 0.672. The maximum Gasteiger partial charge on any atom is 0.259 e. The largest absolute Gasteiger partial charge is 0.334 e. The highest BCUT2D eigenvalue weighted by Crippen LogP contribution is 2.29. The molecule has 1 unspecified atom stereocenters. The van der Waals surface area contributed by atoms with Crippen molar-refractivity contribution in [2.24, 2.45) is 0 Å². The number of aromatic nitrogens is 2. The van der Waals surface area contributed by atoms with Crippen LogP contribution in [-0.2, 0) is 0 Å². The summed E-state index contributed by atoms with van der Waals surface area (Å²) in [6.07, 6.45) is 4.56. The first kappa shape index (κ1) is 13.7. The van der Waals surface area contributed by atoms with E-state index < -0.39 is 0 Å². The molecule has 1 aromatic heterocycles. The van der Waals surface area contributed by atoms with Crippen molar-refractivity contribution < 1.29 is 8.91 Å². The number of hydrogen-bond acceptors (Lipinski definition) is 4. The van der Waals surface area contributed by atoms with Crippen molar-refractivity contribution in [1.82, 2.24) is 15.5 Å². The topological polar surface area (TPSA) is 51.0 Å². The standard InChI is InChI=1S/C14H15BrFN3O/c15-11-6-5-9(16)8-10(11)14-18-13(19-20-14)12-4-2-1-3-7-17-12/h5-6,8,12,17H,1-4,7H2. The molecule has 2 heterocycles. The van der Waals surface area contributed by atoms with Crippen LogP contribution in [0.2, 0.25) is 0 Å². The van der Waals surface area contributed by atoms with E-state index in [1.54, 1.807) is 6.07 Å². The van der Waals surface area contributed by atoms with Gasteiger partial charge in [-0.05, 0) is 53.5 Å². The molecule has 6 heteroatoms. The molecule has 0 spiro atoms. The molecule has 20 heavy (non-hydrogen) atoms. The smallest absolute Gasteiger partial charge is 0.259 e. The van der Waals surface area contributed by atoms with Crippen molar-refractivity contribution >= 4 is 15.9 Å². The Labute approximate surface area is 124 Å². The van der Waals surface area contributed by atoms with E-state index in [9.17, 15) is 4.39 Å². The predicted octanol–water partition coefficient (Wildman–Crippen LogP) is 3.84. The van der Waals surface area contributed by atoms with Crippen LogP contribution < -0.4 is 5.32 Å². The minimum absolute atomic E-state index is 0.127. The van der Waals surface area contributed by atoms with Gasteiger partial charge in [0, 0.05) is 4.47 Å². The van der Waals surface area contributed by atoms with Gasteiger partial charge in [0.2, 0.25) is 0 Å². The van der Waals surface area contributed by atoms with Gasteiger partial charge in [0.15, 0.2) is 5.82 Å². The van der Waals surface area contributed by atoms with Crippen LogP contribution in [0.1, 0.15) is 37.5 Å². The molecule has 0 amide bonds. The summed E-state index contributed by atoms with van der Waals surface area (Å²) < 4.78 is 19.3. The Kier molecular flexibility index (Phi) is 4.12. The zero-order valence-corrected chi connectivity index (χ0v) is 12.5. The average Bonchev–Trinajstić information content (AvgIpc) is 2.77. The highest BCUT2D eigenvalue weighted by molar-refractivity contribution is 9.10. The second-order valence-corrected chi connectivity index (χ2v) is 5.79. The third kappa shape index (κ3) is 2.91. The molecular weight excluding hydrogens is 325 g/mol. The van der Waals surface area contributed by atoms with Gasteiger partial charge < -0.3 is 9.84 Å². The lowest BCUT2D eigenvalue weighted by Gasteiger charge is -2.09. The van der Waals surface area contributed by atoms with Gasteiger partial charge in [-0.25, -0.2) is 4.39 Å². The summed E-state index contributed by atoms with van der Waals surface area (Å²) in [7, 11) is 0. The van der Waals surface area contributed by atoms with Gasteiger partial charge in [0.25, 0.3) is 5.89 Å². The fraction of sp³-hybridized carbons (Fsp3) is 0.429. The molecule has 1 fully saturated rings. The number of nitrogens with one attached hydrogen (secondary N) is 1. The van der Waals surface area contributed by atoms with Crippen LogP contribution in [0.3, 0.4) is 0 Å². The van der Waals surface area contributed by atoms with Crippen molar-refractivity contribution in [3.63, 3.8) is 0 Å². The predicted molar refractivity (Wildman–Crippen MR) is 76.6 cm³/mol. The van der Waals surface area contributed by atoms with Crippen molar-refractivity contribution in [1.29, 1.82) is 0 Å². The molecule has 1 N–H and O–H groups in total. The molecule has 0 saturated carbocycles. The normalized spacial score (nSPS) is 19.8. The Morgan fingerprint density at radius 1 is 1.30 bits per heavy atom. The summed E-state index contributed by atoms with van der Waals surface area (Å²) in [6, 6.07) is 4.54. The maximum atomic E-state index is 13.3. The van der Waals surface area contributed by atoms with Crippen LogP contribution in [0.25, 0.3) is 11.5 Å². The SMILES string of the molecule is Fc1ccc(Br)c(-c2nc(C3CCCCCN3)no2)c1. The van der Waals surface area contributed by atoms with Crippen LogP contribution in [0, 0.1) is 5.82 Å². The van der Waals surface area contributed by atoms with Crippen LogP contribution in [0.15, 0.2) is 27.2 Å². The molecule has 3 rings (SSSR count). The molecule has 1 aliphatic heterocycles. The Morgan fingerprint density at radius 3 is 3.10 bits per heavy atom. The summed E-state index contributed by atoms with van der Waals surface area (Å²) in [5.41, 5.74) is 0.581. The minimum atomic E-state index is -0.324. The van der Waals surface area contributed by atoms with Gasteiger partial charge in [-0.2, -0.15) is 4.98 Å². The van der Waals surface area contributed by atoms with Crippen LogP contribution >= 0.6 is 15.9 Å². The highest BCUT2D eigenvalue weighted by Gasteiger charge is 2.21. The second-order valence-electron chi connectivity index (χ2n) is 4.94. The minimum Gasteiger partial charge on any atom is -0.334 e. The van der Waals surface area contributed by atoms with E-state index in [1.165, 1.54) is 25.0 Å². The third-order valence-electron chi connectivity index (χ3n) is 3.47. The fourth-order valence-electron chi connectivity index (χ4n) is 2.40. The zero-order chi connectivity index (χ0) is 13.9. The lowest BCUT2D eigenvalue weighted by atomic mass is 10.1. The van der Waals surface area contributed by atoms with E-state index in [0.717, 1.165) is 23.9 Å². The number of benzene rings is 1. The molecule has 0 bridgehead atoms. The molecule has 1 saturated heterocycles. The van der Waals surface area contributed by atoms with E-state index >= 15 is 0 Å². The van der Waals surface area contributed by atoms with Gasteiger partial charge in [-0.3, -0.25) is 0 Å². The summed E-state index contributed by atoms with van der Waals surface area (Å²) >= 11 is 3.37.